The first kappa shape index (κ1) is 21.1. The van der Waals surface area contributed by atoms with Crippen LogP contribution in [0.4, 0.5) is 5.69 Å². The molecule has 0 atom stereocenters. The number of hydrogen-bond acceptors (Lipinski definition) is 6. The number of oxazole rings is 1. The summed E-state index contributed by atoms with van der Waals surface area (Å²) in [6.45, 7) is 5.72. The zero-order chi connectivity index (χ0) is 21.3. The van der Waals surface area contributed by atoms with Crippen LogP contribution in [-0.2, 0) is 14.3 Å². The van der Waals surface area contributed by atoms with Gasteiger partial charge < -0.3 is 19.4 Å². The number of nitrogens with zero attached hydrogens (tertiary/aromatic N) is 2. The van der Waals surface area contributed by atoms with E-state index in [0.29, 0.717) is 30.1 Å². The Kier molecular flexibility index (Phi) is 7.21. The number of carbonyl (C=O) groups excluding carboxylic acids is 2. The van der Waals surface area contributed by atoms with Crippen LogP contribution < -0.4 is 10.2 Å². The van der Waals surface area contributed by atoms with Crippen LogP contribution in [0.1, 0.15) is 18.4 Å². The molecule has 0 spiro atoms. The number of rotatable bonds is 9. The number of likely N-dealkylation sites (N-methyl/N-ethyl adjacent to an activating group) is 1. The molecule has 30 heavy (non-hydrogen) atoms. The van der Waals surface area contributed by atoms with Crippen LogP contribution in [-0.4, -0.2) is 43.1 Å². The first-order valence-corrected chi connectivity index (χ1v) is 9.84. The van der Waals surface area contributed by atoms with Crippen molar-refractivity contribution in [3.05, 3.63) is 66.1 Å². The molecule has 1 N–H and O–H groups in total. The molecule has 0 unspecified atom stereocenters. The number of benzene rings is 2. The molecule has 7 nitrogen and oxygen atoms in total. The second-order valence-corrected chi connectivity index (χ2v) is 6.73. The molecule has 2 aromatic carbocycles. The van der Waals surface area contributed by atoms with Gasteiger partial charge >= 0.3 is 5.97 Å². The number of aromatic nitrogens is 1. The molecule has 0 aliphatic rings. The van der Waals surface area contributed by atoms with E-state index >= 15 is 0 Å². The van der Waals surface area contributed by atoms with Crippen LogP contribution in [0.5, 0.6) is 0 Å². The van der Waals surface area contributed by atoms with Gasteiger partial charge in [0.15, 0.2) is 12.2 Å². The van der Waals surface area contributed by atoms with Crippen LogP contribution in [0.15, 0.2) is 59.0 Å². The van der Waals surface area contributed by atoms with Crippen LogP contribution in [0, 0.1) is 6.92 Å². The summed E-state index contributed by atoms with van der Waals surface area (Å²) in [5.74, 6) is -0.685. The fourth-order valence-corrected chi connectivity index (χ4v) is 2.96. The highest BCUT2D eigenvalue weighted by molar-refractivity contribution is 5.89. The number of ether oxygens (including phenoxy) is 1. The third-order valence-electron chi connectivity index (χ3n) is 4.47. The number of amides is 1. The molecule has 0 aliphatic carbocycles. The Bertz CT molecular complexity index is 1010. The van der Waals surface area contributed by atoms with E-state index in [-0.39, 0.29) is 12.5 Å². The number of nitrogens with one attached hydrogen (secondary N) is 1. The minimum atomic E-state index is -0.637. The largest absolute Gasteiger partial charge is 0.452 e. The maximum Gasteiger partial charge on any atom is 0.331 e. The molecule has 156 valence electrons. The van der Waals surface area contributed by atoms with Crippen LogP contribution in [0.3, 0.4) is 0 Å². The van der Waals surface area contributed by atoms with Crippen LogP contribution in [0.2, 0.25) is 0 Å². The normalized spacial score (nSPS) is 11.0. The van der Waals surface area contributed by atoms with E-state index in [1.54, 1.807) is 6.07 Å². The number of carbonyl (C=O) groups is 2. The summed E-state index contributed by atoms with van der Waals surface area (Å²) in [6, 6.07) is 15.5. The van der Waals surface area contributed by atoms with E-state index in [1.165, 1.54) is 17.7 Å². The van der Waals surface area contributed by atoms with Crippen molar-refractivity contribution < 1.29 is 18.7 Å². The molecular formula is C23H25N3O4. The van der Waals surface area contributed by atoms with Gasteiger partial charge in [-0.1, -0.05) is 24.3 Å². The van der Waals surface area contributed by atoms with Gasteiger partial charge in [-0.25, -0.2) is 9.78 Å². The van der Waals surface area contributed by atoms with Crippen molar-refractivity contribution in [2.45, 2.75) is 13.8 Å². The van der Waals surface area contributed by atoms with Crippen molar-refractivity contribution >= 4 is 34.7 Å². The maximum atomic E-state index is 11.9. The highest BCUT2D eigenvalue weighted by atomic mass is 16.5. The lowest BCUT2D eigenvalue weighted by Gasteiger charge is -2.23. The average molecular weight is 407 g/mol. The molecule has 0 saturated heterocycles. The van der Waals surface area contributed by atoms with Gasteiger partial charge in [0.25, 0.3) is 5.91 Å². The van der Waals surface area contributed by atoms with Gasteiger partial charge in [0, 0.05) is 37.5 Å². The summed E-state index contributed by atoms with van der Waals surface area (Å²) in [5.41, 5.74) is 3.64. The number of anilines is 1. The van der Waals surface area contributed by atoms with Crippen molar-refractivity contribution in [2.75, 3.05) is 31.1 Å². The minimum Gasteiger partial charge on any atom is -0.452 e. The zero-order valence-electron chi connectivity index (χ0n) is 17.1. The van der Waals surface area contributed by atoms with E-state index in [4.69, 9.17) is 9.15 Å². The topological polar surface area (TPSA) is 84.7 Å². The molecule has 1 heterocycles. The van der Waals surface area contributed by atoms with Gasteiger partial charge in [-0.3, -0.25) is 4.79 Å². The minimum absolute atomic E-state index is 0.299. The lowest BCUT2D eigenvalue weighted by atomic mass is 10.2. The molecule has 0 fully saturated rings. The van der Waals surface area contributed by atoms with E-state index in [9.17, 15) is 9.59 Å². The third kappa shape index (κ3) is 5.94. The monoisotopic (exact) mass is 407 g/mol. The Hall–Kier alpha value is -3.61. The van der Waals surface area contributed by atoms with Crippen LogP contribution in [0.25, 0.3) is 17.2 Å². The predicted molar refractivity (Wildman–Crippen MR) is 116 cm³/mol. The summed E-state index contributed by atoms with van der Waals surface area (Å²) < 4.78 is 10.4. The molecule has 1 aromatic heterocycles. The number of fused-ring (bicyclic) bond motifs is 1. The maximum absolute atomic E-state index is 11.9. The Morgan fingerprint density at radius 2 is 2.03 bits per heavy atom. The summed E-state index contributed by atoms with van der Waals surface area (Å²) in [4.78, 5) is 30.2. The summed E-state index contributed by atoms with van der Waals surface area (Å²) in [6.07, 6.45) is 2.61. The molecule has 1 amide bonds. The Balaban J connectivity index is 1.40. The highest BCUT2D eigenvalue weighted by Crippen LogP contribution is 2.16. The Morgan fingerprint density at radius 3 is 2.80 bits per heavy atom. The van der Waals surface area contributed by atoms with E-state index in [2.05, 4.69) is 28.2 Å². The van der Waals surface area contributed by atoms with Crippen molar-refractivity contribution in [3.63, 3.8) is 0 Å². The molecular weight excluding hydrogens is 382 g/mol. The molecule has 0 radical (unpaired) electrons. The number of hydrogen-bond donors (Lipinski definition) is 1. The van der Waals surface area contributed by atoms with Gasteiger partial charge in [0.1, 0.15) is 5.52 Å². The number of esters is 1. The second kappa shape index (κ2) is 10.2. The van der Waals surface area contributed by atoms with Crippen molar-refractivity contribution in [2.24, 2.45) is 0 Å². The predicted octanol–water partition coefficient (Wildman–Crippen LogP) is 3.34. The van der Waals surface area contributed by atoms with Crippen molar-refractivity contribution in [3.8, 4) is 0 Å². The fraction of sp³-hybridized carbons (Fsp3) is 0.261. The van der Waals surface area contributed by atoms with Gasteiger partial charge in [-0.15, -0.1) is 0 Å². The van der Waals surface area contributed by atoms with E-state index in [0.717, 1.165) is 12.2 Å². The summed E-state index contributed by atoms with van der Waals surface area (Å²) in [7, 11) is 0. The third-order valence-corrected chi connectivity index (χ3v) is 4.47. The molecule has 0 aliphatic heterocycles. The SMILES string of the molecule is CCN(CCNC(=O)COC(=O)/C=C/c1nc2ccccc2o1)c1cccc(C)c1. The number of para-hydroxylation sites is 2. The Morgan fingerprint density at radius 1 is 1.20 bits per heavy atom. The van der Waals surface area contributed by atoms with Gasteiger partial charge in [-0.2, -0.15) is 0 Å². The van der Waals surface area contributed by atoms with Gasteiger partial charge in [0.2, 0.25) is 5.89 Å². The summed E-state index contributed by atoms with van der Waals surface area (Å²) in [5, 5.41) is 2.77. The highest BCUT2D eigenvalue weighted by Gasteiger charge is 2.08. The standard InChI is InChI=1S/C23H25N3O4/c1-3-26(18-8-6-7-17(2)15-18)14-13-24-21(27)16-29-23(28)12-11-22-25-19-9-4-5-10-20(19)30-22/h4-12,15H,3,13-14,16H2,1-2H3,(H,24,27)/b12-11+. The fourth-order valence-electron chi connectivity index (χ4n) is 2.96. The smallest absolute Gasteiger partial charge is 0.331 e. The lowest BCUT2D eigenvalue weighted by Crippen LogP contribution is -2.36. The Labute approximate surface area is 175 Å². The van der Waals surface area contributed by atoms with Crippen molar-refractivity contribution in [1.82, 2.24) is 10.3 Å². The molecule has 3 aromatic rings. The van der Waals surface area contributed by atoms with E-state index < -0.39 is 5.97 Å². The van der Waals surface area contributed by atoms with Crippen LogP contribution >= 0.6 is 0 Å². The second-order valence-electron chi connectivity index (χ2n) is 6.73. The van der Waals surface area contributed by atoms with Crippen molar-refractivity contribution in [1.29, 1.82) is 0 Å². The van der Waals surface area contributed by atoms with Gasteiger partial charge in [0.05, 0.1) is 0 Å². The average Bonchev–Trinajstić information content (AvgIpc) is 3.17. The summed E-state index contributed by atoms with van der Waals surface area (Å²) >= 11 is 0. The van der Waals surface area contributed by atoms with Gasteiger partial charge in [-0.05, 0) is 43.7 Å². The lowest BCUT2D eigenvalue weighted by molar-refractivity contribution is -0.143. The molecule has 0 saturated carbocycles. The number of aryl methyl sites for hydroxylation is 1. The first-order valence-electron chi connectivity index (χ1n) is 9.84. The molecule has 3 rings (SSSR count). The van der Waals surface area contributed by atoms with E-state index in [1.807, 2.05) is 43.3 Å². The molecule has 0 bridgehead atoms. The first-order chi connectivity index (χ1) is 14.5. The quantitative estimate of drug-likeness (QED) is 0.433. The molecule has 7 heteroatoms. The zero-order valence-corrected chi connectivity index (χ0v) is 17.1.